The number of pyridine rings is 1. The number of nitrogens with one attached hydrogen (secondary N) is 1. The van der Waals surface area contributed by atoms with Crippen molar-refractivity contribution < 1.29 is 0 Å². The minimum absolute atomic E-state index is 0.704. The highest BCUT2D eigenvalue weighted by atomic mass is 15.2. The molecular weight excluding hydrogens is 198 g/mol. The predicted octanol–water partition coefficient (Wildman–Crippen LogP) is 1.58. The molecule has 0 spiro atoms. The molecule has 2 fully saturated rings. The van der Waals surface area contributed by atoms with Crippen LogP contribution >= 0.6 is 0 Å². The van der Waals surface area contributed by atoms with Crippen LogP contribution in [0.15, 0.2) is 18.3 Å². The second-order valence-corrected chi connectivity index (χ2v) is 5.00. The first kappa shape index (κ1) is 10.1. The molecule has 1 unspecified atom stereocenters. The largest absolute Gasteiger partial charge is 0.367 e. The van der Waals surface area contributed by atoms with Crippen molar-refractivity contribution in [2.45, 2.75) is 25.8 Å². The van der Waals surface area contributed by atoms with E-state index in [2.05, 4.69) is 27.3 Å². The third-order valence-corrected chi connectivity index (χ3v) is 3.66. The molecule has 0 aromatic carbocycles. The van der Waals surface area contributed by atoms with E-state index in [0.717, 1.165) is 31.2 Å². The lowest BCUT2D eigenvalue weighted by molar-refractivity contribution is 0.418. The van der Waals surface area contributed by atoms with Gasteiger partial charge in [0.05, 0.1) is 11.9 Å². The number of rotatable bonds is 2. The maximum absolute atomic E-state index is 4.38. The predicted molar refractivity (Wildman–Crippen MR) is 65.7 cm³/mol. The summed E-state index contributed by atoms with van der Waals surface area (Å²) in [6, 6.07) is 5.00. The van der Waals surface area contributed by atoms with E-state index in [9.17, 15) is 0 Å². The van der Waals surface area contributed by atoms with E-state index in [1.165, 1.54) is 18.5 Å². The molecule has 2 aliphatic rings. The van der Waals surface area contributed by atoms with Gasteiger partial charge in [-0.05, 0) is 37.8 Å². The zero-order valence-corrected chi connectivity index (χ0v) is 9.82. The summed E-state index contributed by atoms with van der Waals surface area (Å²) >= 11 is 0. The maximum atomic E-state index is 4.38. The van der Waals surface area contributed by atoms with Crippen LogP contribution in [0.3, 0.4) is 0 Å². The lowest BCUT2D eigenvalue weighted by Crippen LogP contribution is -2.51. The number of aromatic nitrogens is 1. The fourth-order valence-corrected chi connectivity index (χ4v) is 2.47. The van der Waals surface area contributed by atoms with E-state index in [1.807, 2.05) is 13.1 Å². The third-order valence-electron chi connectivity index (χ3n) is 3.66. The number of piperazine rings is 1. The van der Waals surface area contributed by atoms with E-state index < -0.39 is 0 Å². The molecule has 3 rings (SSSR count). The highest BCUT2D eigenvalue weighted by Gasteiger charge is 2.33. The van der Waals surface area contributed by atoms with Gasteiger partial charge in [0.2, 0.25) is 0 Å². The fourth-order valence-electron chi connectivity index (χ4n) is 2.47. The van der Waals surface area contributed by atoms with Crippen molar-refractivity contribution in [1.82, 2.24) is 10.3 Å². The first-order valence-electron chi connectivity index (χ1n) is 6.24. The molecule has 1 aliphatic heterocycles. The molecule has 3 heteroatoms. The van der Waals surface area contributed by atoms with Crippen molar-refractivity contribution in [2.75, 3.05) is 24.5 Å². The molecular formula is C13H19N3. The van der Waals surface area contributed by atoms with Crippen LogP contribution in [0.2, 0.25) is 0 Å². The van der Waals surface area contributed by atoms with Crippen LogP contribution in [-0.2, 0) is 0 Å². The van der Waals surface area contributed by atoms with Crippen molar-refractivity contribution in [3.63, 3.8) is 0 Å². The Hall–Kier alpha value is -1.09. The van der Waals surface area contributed by atoms with Crippen molar-refractivity contribution in [3.05, 3.63) is 24.0 Å². The van der Waals surface area contributed by atoms with Gasteiger partial charge in [-0.1, -0.05) is 0 Å². The molecule has 0 bridgehead atoms. The molecule has 1 saturated heterocycles. The van der Waals surface area contributed by atoms with Crippen LogP contribution < -0.4 is 10.2 Å². The molecule has 1 atom stereocenters. The minimum atomic E-state index is 0.704. The maximum Gasteiger partial charge on any atom is 0.0553 e. The van der Waals surface area contributed by atoms with Crippen molar-refractivity contribution in [1.29, 1.82) is 0 Å². The lowest BCUT2D eigenvalue weighted by atomic mass is 10.1. The Bertz CT molecular complexity index is 356. The zero-order chi connectivity index (χ0) is 11.0. The molecule has 0 amide bonds. The van der Waals surface area contributed by atoms with Gasteiger partial charge in [0, 0.05) is 31.4 Å². The Morgan fingerprint density at radius 3 is 2.94 bits per heavy atom. The summed E-state index contributed by atoms with van der Waals surface area (Å²) < 4.78 is 0. The zero-order valence-electron chi connectivity index (χ0n) is 9.82. The Morgan fingerprint density at radius 1 is 1.38 bits per heavy atom. The average Bonchev–Trinajstić information content (AvgIpc) is 3.14. The summed E-state index contributed by atoms with van der Waals surface area (Å²) in [4.78, 5) is 6.84. The topological polar surface area (TPSA) is 28.2 Å². The van der Waals surface area contributed by atoms with Gasteiger partial charge in [-0.15, -0.1) is 0 Å². The van der Waals surface area contributed by atoms with E-state index in [0.29, 0.717) is 6.04 Å². The Kier molecular flexibility index (Phi) is 2.56. The number of hydrogen-bond donors (Lipinski definition) is 1. The Morgan fingerprint density at radius 2 is 2.25 bits per heavy atom. The second-order valence-electron chi connectivity index (χ2n) is 5.00. The molecule has 2 heterocycles. The molecule has 1 N–H and O–H groups in total. The van der Waals surface area contributed by atoms with E-state index >= 15 is 0 Å². The average molecular weight is 217 g/mol. The Labute approximate surface area is 96.9 Å². The first-order valence-corrected chi connectivity index (χ1v) is 6.24. The van der Waals surface area contributed by atoms with Crippen molar-refractivity contribution >= 4 is 5.69 Å². The van der Waals surface area contributed by atoms with Crippen LogP contribution in [0.5, 0.6) is 0 Å². The van der Waals surface area contributed by atoms with Crippen molar-refractivity contribution in [3.8, 4) is 0 Å². The molecule has 1 aliphatic carbocycles. The Balaban J connectivity index is 1.71. The summed E-state index contributed by atoms with van der Waals surface area (Å²) in [5.74, 6) is 0.932. The number of aryl methyl sites for hydroxylation is 1. The molecule has 16 heavy (non-hydrogen) atoms. The van der Waals surface area contributed by atoms with Gasteiger partial charge in [-0.25, -0.2) is 0 Å². The van der Waals surface area contributed by atoms with Crippen LogP contribution in [0.25, 0.3) is 0 Å². The summed E-state index contributed by atoms with van der Waals surface area (Å²) in [5.41, 5.74) is 2.37. The highest BCUT2D eigenvalue weighted by Crippen LogP contribution is 2.34. The summed E-state index contributed by atoms with van der Waals surface area (Å²) in [6.45, 7) is 5.40. The van der Waals surface area contributed by atoms with E-state index in [-0.39, 0.29) is 0 Å². The van der Waals surface area contributed by atoms with E-state index in [1.54, 1.807) is 0 Å². The van der Waals surface area contributed by atoms with Crippen LogP contribution in [-0.4, -0.2) is 30.7 Å². The molecule has 1 aromatic rings. The van der Waals surface area contributed by atoms with Crippen molar-refractivity contribution in [2.24, 2.45) is 5.92 Å². The summed E-state index contributed by atoms with van der Waals surface area (Å²) in [7, 11) is 0. The minimum Gasteiger partial charge on any atom is -0.367 e. The van der Waals surface area contributed by atoms with Gasteiger partial charge in [-0.3, -0.25) is 4.98 Å². The van der Waals surface area contributed by atoms with Gasteiger partial charge in [0.15, 0.2) is 0 Å². The number of hydrogen-bond acceptors (Lipinski definition) is 3. The molecule has 0 radical (unpaired) electrons. The fraction of sp³-hybridized carbons (Fsp3) is 0.615. The molecule has 3 nitrogen and oxygen atoms in total. The third kappa shape index (κ3) is 2.05. The number of nitrogens with zero attached hydrogens (tertiary/aromatic N) is 2. The summed E-state index contributed by atoms with van der Waals surface area (Å²) in [5, 5.41) is 3.63. The quantitative estimate of drug-likeness (QED) is 0.815. The normalized spacial score (nSPS) is 25.8. The monoisotopic (exact) mass is 217 g/mol. The lowest BCUT2D eigenvalue weighted by Gasteiger charge is -2.35. The van der Waals surface area contributed by atoms with Gasteiger partial charge in [0.25, 0.3) is 0 Å². The number of anilines is 1. The van der Waals surface area contributed by atoms with Gasteiger partial charge in [-0.2, -0.15) is 0 Å². The SMILES string of the molecule is Cc1ccc(N2CCNC(C3CC3)C2)cn1. The van der Waals surface area contributed by atoms with Crippen LogP contribution in [0, 0.1) is 12.8 Å². The highest BCUT2D eigenvalue weighted by molar-refractivity contribution is 5.45. The molecule has 86 valence electrons. The summed E-state index contributed by atoms with van der Waals surface area (Å²) in [6.07, 6.45) is 4.83. The second kappa shape index (κ2) is 4.06. The van der Waals surface area contributed by atoms with Gasteiger partial charge < -0.3 is 10.2 Å². The van der Waals surface area contributed by atoms with Gasteiger partial charge in [0.1, 0.15) is 0 Å². The molecule has 1 aromatic heterocycles. The smallest absolute Gasteiger partial charge is 0.0553 e. The van der Waals surface area contributed by atoms with Gasteiger partial charge >= 0.3 is 0 Å². The van der Waals surface area contributed by atoms with Crippen LogP contribution in [0.1, 0.15) is 18.5 Å². The first-order chi connectivity index (χ1) is 7.83. The van der Waals surface area contributed by atoms with Crippen LogP contribution in [0.4, 0.5) is 5.69 Å². The standard InChI is InChI=1S/C13H19N3/c1-10-2-5-12(8-15-10)16-7-6-14-13(9-16)11-3-4-11/h2,5,8,11,13-14H,3-4,6-7,9H2,1H3. The molecule has 1 saturated carbocycles. The van der Waals surface area contributed by atoms with E-state index in [4.69, 9.17) is 0 Å².